The van der Waals surface area contributed by atoms with Gasteiger partial charge in [0.25, 0.3) is 0 Å². The van der Waals surface area contributed by atoms with E-state index in [1.54, 1.807) is 11.3 Å². The van der Waals surface area contributed by atoms with Crippen molar-refractivity contribution < 1.29 is 0 Å². The summed E-state index contributed by atoms with van der Waals surface area (Å²) in [6, 6.07) is 11.7. The Bertz CT molecular complexity index is 819. The smallest absolute Gasteiger partial charge is 0.190 e. The number of anilines is 2. The van der Waals surface area contributed by atoms with Crippen molar-refractivity contribution in [2.75, 3.05) is 10.6 Å². The minimum absolute atomic E-state index is 0.473. The van der Waals surface area contributed by atoms with Crippen molar-refractivity contribution in [1.82, 2.24) is 4.98 Å². The van der Waals surface area contributed by atoms with Crippen LogP contribution in [-0.4, -0.2) is 10.1 Å². The van der Waals surface area contributed by atoms with Crippen LogP contribution in [0.25, 0.3) is 10.2 Å². The van der Waals surface area contributed by atoms with Gasteiger partial charge in [0, 0.05) is 0 Å². The predicted molar refractivity (Wildman–Crippen MR) is 100 cm³/mol. The number of benzene rings is 2. The normalized spacial score (nSPS) is 10.7. The summed E-state index contributed by atoms with van der Waals surface area (Å²) in [4.78, 5) is 4.57. The van der Waals surface area contributed by atoms with Crippen LogP contribution >= 0.6 is 35.2 Å². The van der Waals surface area contributed by atoms with Gasteiger partial charge >= 0.3 is 0 Å². The SMILES string of the molecule is Cc1cc2nc(NC(=S)Nc3ccccc3Cl)sc2cc1C. The van der Waals surface area contributed by atoms with E-state index < -0.39 is 0 Å². The van der Waals surface area contributed by atoms with Crippen LogP contribution < -0.4 is 10.6 Å². The molecule has 3 aromatic rings. The molecule has 0 aliphatic carbocycles. The average Bonchev–Trinajstić information content (AvgIpc) is 2.83. The van der Waals surface area contributed by atoms with Gasteiger partial charge in [-0.25, -0.2) is 4.98 Å². The van der Waals surface area contributed by atoms with Crippen molar-refractivity contribution in [3.05, 3.63) is 52.5 Å². The zero-order valence-corrected chi connectivity index (χ0v) is 14.5. The molecule has 0 unspecified atom stereocenters. The Morgan fingerprint density at radius 1 is 1.14 bits per heavy atom. The van der Waals surface area contributed by atoms with Crippen molar-refractivity contribution in [3.63, 3.8) is 0 Å². The lowest BCUT2D eigenvalue weighted by Gasteiger charge is -2.09. The summed E-state index contributed by atoms with van der Waals surface area (Å²) >= 11 is 13.0. The summed E-state index contributed by atoms with van der Waals surface area (Å²) in [6.45, 7) is 4.19. The molecule has 0 aliphatic heterocycles. The van der Waals surface area contributed by atoms with Crippen molar-refractivity contribution in [3.8, 4) is 0 Å². The quantitative estimate of drug-likeness (QED) is 0.610. The maximum atomic E-state index is 6.11. The van der Waals surface area contributed by atoms with E-state index in [4.69, 9.17) is 23.8 Å². The largest absolute Gasteiger partial charge is 0.331 e. The molecule has 0 radical (unpaired) electrons. The molecule has 3 rings (SSSR count). The van der Waals surface area contributed by atoms with Gasteiger partial charge in [-0.1, -0.05) is 35.1 Å². The number of halogens is 1. The van der Waals surface area contributed by atoms with Crippen LogP contribution in [0.1, 0.15) is 11.1 Å². The van der Waals surface area contributed by atoms with Crippen LogP contribution in [0, 0.1) is 13.8 Å². The summed E-state index contributed by atoms with van der Waals surface area (Å²) < 4.78 is 1.14. The van der Waals surface area contributed by atoms with Crippen LogP contribution in [-0.2, 0) is 0 Å². The fourth-order valence-corrected chi connectivity index (χ4v) is 3.45. The number of nitrogens with one attached hydrogen (secondary N) is 2. The number of hydrogen-bond acceptors (Lipinski definition) is 3. The maximum absolute atomic E-state index is 6.11. The highest BCUT2D eigenvalue weighted by atomic mass is 35.5. The topological polar surface area (TPSA) is 37.0 Å². The van der Waals surface area contributed by atoms with Crippen LogP contribution in [0.4, 0.5) is 10.8 Å². The molecule has 22 heavy (non-hydrogen) atoms. The first-order valence-electron chi connectivity index (χ1n) is 6.73. The Balaban J connectivity index is 1.78. The van der Waals surface area contributed by atoms with Gasteiger partial charge in [-0.3, -0.25) is 0 Å². The van der Waals surface area contributed by atoms with Gasteiger partial charge in [-0.2, -0.15) is 0 Å². The summed E-state index contributed by atoms with van der Waals surface area (Å²) in [5, 5.41) is 8.06. The molecule has 1 aromatic heterocycles. The zero-order chi connectivity index (χ0) is 15.7. The van der Waals surface area contributed by atoms with E-state index in [1.807, 2.05) is 24.3 Å². The van der Waals surface area contributed by atoms with E-state index in [1.165, 1.54) is 11.1 Å². The van der Waals surface area contributed by atoms with E-state index in [0.717, 1.165) is 21.0 Å². The van der Waals surface area contributed by atoms with Crippen molar-refractivity contribution in [2.45, 2.75) is 13.8 Å². The number of fused-ring (bicyclic) bond motifs is 1. The molecule has 0 saturated heterocycles. The first kappa shape index (κ1) is 15.2. The minimum Gasteiger partial charge on any atom is -0.331 e. The molecule has 3 nitrogen and oxygen atoms in total. The Kier molecular flexibility index (Phi) is 4.29. The van der Waals surface area contributed by atoms with Crippen molar-refractivity contribution >= 4 is 61.3 Å². The van der Waals surface area contributed by atoms with Crippen molar-refractivity contribution in [2.24, 2.45) is 0 Å². The Labute approximate surface area is 143 Å². The van der Waals surface area contributed by atoms with Gasteiger partial charge in [0.15, 0.2) is 10.2 Å². The van der Waals surface area contributed by atoms with Gasteiger partial charge < -0.3 is 10.6 Å². The molecule has 2 N–H and O–H groups in total. The number of aryl methyl sites for hydroxylation is 2. The third-order valence-electron chi connectivity index (χ3n) is 3.35. The second-order valence-corrected chi connectivity index (χ2v) is 6.83. The highest BCUT2D eigenvalue weighted by Gasteiger charge is 2.08. The summed E-state index contributed by atoms with van der Waals surface area (Å²) in [6.07, 6.45) is 0. The van der Waals surface area contributed by atoms with Gasteiger partial charge in [0.05, 0.1) is 20.9 Å². The average molecular weight is 348 g/mol. The molecule has 0 aliphatic rings. The van der Waals surface area contributed by atoms with E-state index in [2.05, 4.69) is 41.6 Å². The number of nitrogens with zero attached hydrogens (tertiary/aromatic N) is 1. The van der Waals surface area contributed by atoms with Gasteiger partial charge in [0.2, 0.25) is 0 Å². The van der Waals surface area contributed by atoms with E-state index in [9.17, 15) is 0 Å². The molecular formula is C16H14ClN3S2. The number of para-hydroxylation sites is 1. The van der Waals surface area contributed by atoms with Gasteiger partial charge in [-0.05, 0) is 61.5 Å². The second-order valence-electron chi connectivity index (χ2n) is 4.98. The highest BCUT2D eigenvalue weighted by Crippen LogP contribution is 2.28. The summed E-state index contributed by atoms with van der Waals surface area (Å²) in [7, 11) is 0. The Morgan fingerprint density at radius 3 is 2.64 bits per heavy atom. The summed E-state index contributed by atoms with van der Waals surface area (Å²) in [5.41, 5.74) is 4.26. The number of hydrogen-bond donors (Lipinski definition) is 2. The lowest BCUT2D eigenvalue weighted by atomic mass is 10.1. The molecule has 6 heteroatoms. The first-order valence-corrected chi connectivity index (χ1v) is 8.33. The van der Waals surface area contributed by atoms with Crippen LogP contribution in [0.2, 0.25) is 5.02 Å². The fraction of sp³-hybridized carbons (Fsp3) is 0.125. The molecule has 0 bridgehead atoms. The zero-order valence-electron chi connectivity index (χ0n) is 12.1. The number of aromatic nitrogens is 1. The van der Waals surface area contributed by atoms with Gasteiger partial charge in [0.1, 0.15) is 0 Å². The fourth-order valence-electron chi connectivity index (χ4n) is 2.05. The number of thiocarbonyl (C=S) groups is 1. The molecule has 112 valence electrons. The maximum Gasteiger partial charge on any atom is 0.190 e. The van der Waals surface area contributed by atoms with Crippen LogP contribution in [0.5, 0.6) is 0 Å². The molecule has 0 fully saturated rings. The molecule has 0 atom stereocenters. The molecule has 2 aromatic carbocycles. The third-order valence-corrected chi connectivity index (χ3v) is 4.81. The lowest BCUT2D eigenvalue weighted by Crippen LogP contribution is -2.19. The first-order chi connectivity index (χ1) is 10.5. The van der Waals surface area contributed by atoms with E-state index >= 15 is 0 Å². The Hall–Kier alpha value is -1.69. The highest BCUT2D eigenvalue weighted by molar-refractivity contribution is 7.80. The van der Waals surface area contributed by atoms with E-state index in [0.29, 0.717) is 10.1 Å². The monoisotopic (exact) mass is 347 g/mol. The molecule has 0 amide bonds. The summed E-state index contributed by atoms with van der Waals surface area (Å²) in [5.74, 6) is 0. The lowest BCUT2D eigenvalue weighted by molar-refractivity contribution is 1.35. The van der Waals surface area contributed by atoms with Gasteiger partial charge in [-0.15, -0.1) is 0 Å². The standard InChI is InChI=1S/C16H14ClN3S2/c1-9-7-13-14(8-10(9)2)22-16(19-13)20-15(21)18-12-6-4-3-5-11(12)17/h3-8H,1-2H3,(H2,18,19,20,21). The molecule has 0 saturated carbocycles. The number of rotatable bonds is 2. The second kappa shape index (κ2) is 6.20. The third kappa shape index (κ3) is 3.21. The molecular weight excluding hydrogens is 334 g/mol. The predicted octanol–water partition coefficient (Wildman–Crippen LogP) is 5.38. The number of thiazole rings is 1. The minimum atomic E-state index is 0.473. The van der Waals surface area contributed by atoms with Crippen LogP contribution in [0.15, 0.2) is 36.4 Å². The van der Waals surface area contributed by atoms with E-state index in [-0.39, 0.29) is 0 Å². The molecule has 1 heterocycles. The van der Waals surface area contributed by atoms with Crippen LogP contribution in [0.3, 0.4) is 0 Å². The molecule has 0 spiro atoms. The van der Waals surface area contributed by atoms with Crippen molar-refractivity contribution in [1.29, 1.82) is 0 Å². The Morgan fingerprint density at radius 2 is 1.86 bits per heavy atom.